The molecule has 0 bridgehead atoms. The molecule has 0 saturated carbocycles. The molecular weight excluding hydrogens is 580 g/mol. The van der Waals surface area contributed by atoms with E-state index in [2.05, 4.69) is 21.1 Å². The van der Waals surface area contributed by atoms with Crippen LogP contribution in [0.4, 0.5) is 21.0 Å². The van der Waals surface area contributed by atoms with Gasteiger partial charge in [-0.1, -0.05) is 12.1 Å². The molecular formula is C32H50N6O7. The summed E-state index contributed by atoms with van der Waals surface area (Å²) < 4.78 is 17.8. The lowest BCUT2D eigenvalue weighted by Crippen LogP contribution is -2.48. The number of likely N-dealkylation sites (N-methyl/N-ethyl adjacent to an activating group) is 1. The second-order valence-electron chi connectivity index (χ2n) is 12.3. The van der Waals surface area contributed by atoms with Gasteiger partial charge in [0.1, 0.15) is 17.1 Å². The minimum Gasteiger partial charge on any atom is -0.490 e. The molecule has 1 aliphatic rings. The van der Waals surface area contributed by atoms with Crippen LogP contribution in [0.5, 0.6) is 5.75 Å². The van der Waals surface area contributed by atoms with Crippen LogP contribution in [-0.4, -0.2) is 95.7 Å². The van der Waals surface area contributed by atoms with Gasteiger partial charge in [0.25, 0.3) is 5.91 Å². The molecule has 0 spiro atoms. The highest BCUT2D eigenvalue weighted by Gasteiger charge is 2.31. The topological polar surface area (TPSA) is 158 Å². The first kappa shape index (κ1) is 35.6. The maximum atomic E-state index is 14.2. The van der Waals surface area contributed by atoms with Crippen LogP contribution in [-0.2, 0) is 4.74 Å². The van der Waals surface area contributed by atoms with Crippen molar-refractivity contribution in [3.8, 4) is 5.75 Å². The molecule has 2 aromatic rings. The number of ether oxygens (including phenoxy) is 2. The Balaban J connectivity index is 1.90. The van der Waals surface area contributed by atoms with Crippen molar-refractivity contribution < 1.29 is 33.5 Å². The molecule has 250 valence electrons. The number of aromatic nitrogens is 1. The number of urea groups is 2. The van der Waals surface area contributed by atoms with Crippen LogP contribution in [0.1, 0.15) is 75.7 Å². The van der Waals surface area contributed by atoms with E-state index >= 15 is 0 Å². The Kier molecular flexibility index (Phi) is 13.0. The number of hydrogen-bond donors (Lipinski definition) is 4. The molecule has 0 aliphatic carbocycles. The van der Waals surface area contributed by atoms with Gasteiger partial charge in [0.05, 0.1) is 30.4 Å². The fourth-order valence-electron chi connectivity index (χ4n) is 5.11. The zero-order valence-electron chi connectivity index (χ0n) is 27.8. The van der Waals surface area contributed by atoms with Crippen molar-refractivity contribution in [2.45, 2.75) is 92.0 Å². The van der Waals surface area contributed by atoms with Crippen LogP contribution in [0.2, 0.25) is 0 Å². The summed E-state index contributed by atoms with van der Waals surface area (Å²) in [6.07, 6.45) is 1.79. The molecule has 5 amide bonds. The molecule has 4 N–H and O–H groups in total. The average Bonchev–Trinajstić information content (AvgIpc) is 3.30. The van der Waals surface area contributed by atoms with Crippen LogP contribution in [0.25, 0.3) is 0 Å². The maximum absolute atomic E-state index is 14.2. The molecule has 13 heteroatoms. The van der Waals surface area contributed by atoms with Gasteiger partial charge in [0, 0.05) is 44.4 Å². The number of carbonyl (C=O) groups is 3. The van der Waals surface area contributed by atoms with Crippen molar-refractivity contribution in [1.29, 1.82) is 0 Å². The lowest BCUT2D eigenvalue weighted by molar-refractivity contribution is -0.0115. The van der Waals surface area contributed by atoms with Crippen molar-refractivity contribution in [3.63, 3.8) is 0 Å². The summed E-state index contributed by atoms with van der Waals surface area (Å²) in [6.45, 7) is 13.6. The smallest absolute Gasteiger partial charge is 0.321 e. The van der Waals surface area contributed by atoms with E-state index in [0.717, 1.165) is 19.3 Å². The molecule has 1 aromatic heterocycles. The van der Waals surface area contributed by atoms with E-state index in [1.807, 2.05) is 27.7 Å². The van der Waals surface area contributed by atoms with Crippen LogP contribution < -0.4 is 20.7 Å². The highest BCUT2D eigenvalue weighted by molar-refractivity contribution is 5.99. The molecule has 1 aliphatic heterocycles. The summed E-state index contributed by atoms with van der Waals surface area (Å²) in [5, 5.41) is 22.5. The van der Waals surface area contributed by atoms with Gasteiger partial charge < -0.3 is 44.9 Å². The molecule has 4 atom stereocenters. The highest BCUT2D eigenvalue weighted by Crippen LogP contribution is 2.29. The van der Waals surface area contributed by atoms with Gasteiger partial charge in [-0.2, -0.15) is 0 Å². The number of rotatable bonds is 7. The molecule has 2 heterocycles. The molecule has 0 fully saturated rings. The third-order valence-electron chi connectivity index (χ3n) is 7.79. The van der Waals surface area contributed by atoms with E-state index in [9.17, 15) is 19.5 Å². The summed E-state index contributed by atoms with van der Waals surface area (Å²) in [6, 6.07) is 3.70. The van der Waals surface area contributed by atoms with E-state index in [1.54, 1.807) is 55.8 Å². The Bertz CT molecular complexity index is 1280. The third kappa shape index (κ3) is 10.1. The van der Waals surface area contributed by atoms with Gasteiger partial charge in [-0.15, -0.1) is 0 Å². The highest BCUT2D eigenvalue weighted by atomic mass is 16.5. The Morgan fingerprint density at radius 1 is 1.16 bits per heavy atom. The van der Waals surface area contributed by atoms with E-state index in [4.69, 9.17) is 14.0 Å². The largest absolute Gasteiger partial charge is 0.490 e. The predicted molar refractivity (Wildman–Crippen MR) is 172 cm³/mol. The molecule has 0 radical (unpaired) electrons. The molecule has 0 saturated heterocycles. The van der Waals surface area contributed by atoms with Crippen LogP contribution >= 0.6 is 0 Å². The number of aliphatic hydroxyl groups excluding tert-OH is 1. The zero-order valence-corrected chi connectivity index (χ0v) is 27.8. The van der Waals surface area contributed by atoms with Crippen LogP contribution in [0.15, 0.2) is 22.7 Å². The molecule has 3 rings (SSSR count). The Hall–Kier alpha value is -3.84. The summed E-state index contributed by atoms with van der Waals surface area (Å²) in [4.78, 5) is 42.9. The Morgan fingerprint density at radius 3 is 2.53 bits per heavy atom. The Morgan fingerprint density at radius 2 is 1.89 bits per heavy atom. The predicted octanol–water partition coefficient (Wildman–Crippen LogP) is 4.78. The number of aryl methyl sites for hydroxylation is 2. The maximum Gasteiger partial charge on any atom is 0.321 e. The summed E-state index contributed by atoms with van der Waals surface area (Å²) in [7, 11) is 1.69. The number of nitrogens with zero attached hydrogens (tertiary/aromatic N) is 3. The second-order valence-corrected chi connectivity index (χ2v) is 12.3. The van der Waals surface area contributed by atoms with Gasteiger partial charge in [-0.3, -0.25) is 4.79 Å². The first-order valence-electron chi connectivity index (χ1n) is 15.7. The first-order chi connectivity index (χ1) is 21.3. The van der Waals surface area contributed by atoms with Crippen LogP contribution in [0, 0.1) is 19.8 Å². The average molecular weight is 631 g/mol. The van der Waals surface area contributed by atoms with Crippen molar-refractivity contribution in [1.82, 2.24) is 20.3 Å². The van der Waals surface area contributed by atoms with Gasteiger partial charge in [0.2, 0.25) is 0 Å². The van der Waals surface area contributed by atoms with Crippen LogP contribution in [0.3, 0.4) is 0 Å². The quantitative estimate of drug-likeness (QED) is 0.340. The zero-order chi connectivity index (χ0) is 33.3. The number of nitrogens with one attached hydrogen (secondary N) is 3. The van der Waals surface area contributed by atoms with E-state index < -0.39 is 12.1 Å². The number of hydrogen-bond acceptors (Lipinski definition) is 8. The minimum atomic E-state index is -0.528. The monoisotopic (exact) mass is 630 g/mol. The first-order valence-corrected chi connectivity index (χ1v) is 15.7. The fraction of sp³-hybridized carbons (Fsp3) is 0.625. The van der Waals surface area contributed by atoms with E-state index in [0.29, 0.717) is 35.2 Å². The van der Waals surface area contributed by atoms with Crippen molar-refractivity contribution >= 4 is 29.3 Å². The van der Waals surface area contributed by atoms with Crippen molar-refractivity contribution in [3.05, 3.63) is 35.2 Å². The van der Waals surface area contributed by atoms with Gasteiger partial charge in [-0.05, 0) is 79.0 Å². The van der Waals surface area contributed by atoms with Gasteiger partial charge in [0.15, 0.2) is 5.76 Å². The SMILES string of the molecule is Cc1noc(C)c1NC(=O)N(C)C[C@@H]1OCCCC[C@H](C)Oc2ccc(NC(=O)NC(C)C)cc2C(=O)N([C@@H](C)CO)C[C@H]1C. The summed E-state index contributed by atoms with van der Waals surface area (Å²) in [5.41, 5.74) is 1.84. The Labute approximate surface area is 266 Å². The number of benzene rings is 1. The molecule has 0 unspecified atom stereocenters. The molecule has 13 nitrogen and oxygen atoms in total. The van der Waals surface area contributed by atoms with Crippen molar-refractivity contribution in [2.24, 2.45) is 5.92 Å². The standard InChI is InChI=1S/C32H50N6O7/c1-19(2)33-31(41)34-25-12-13-27-26(15-25)30(40)38(21(4)18-39)16-20(3)28(43-14-10-9-11-22(5)44-27)17-37(8)32(42)35-29-23(6)36-45-24(29)7/h12-13,15,19-22,28,39H,9-11,14,16-18H2,1-8H3,(H,35,42)(H2,33,34,41)/t20-,21+,22+,28+/m1/s1. The number of anilines is 2. The lowest BCUT2D eigenvalue weighted by atomic mass is 10.0. The minimum absolute atomic E-state index is 0.0633. The molecule has 45 heavy (non-hydrogen) atoms. The van der Waals surface area contributed by atoms with Crippen molar-refractivity contribution in [2.75, 3.05) is 44.0 Å². The number of carbonyl (C=O) groups excluding carboxylic acids is 3. The lowest BCUT2D eigenvalue weighted by Gasteiger charge is -2.35. The van der Waals surface area contributed by atoms with E-state index in [-0.39, 0.29) is 61.3 Å². The summed E-state index contributed by atoms with van der Waals surface area (Å²) >= 11 is 0. The number of fused-ring (bicyclic) bond motifs is 1. The normalized spacial score (nSPS) is 20.4. The van der Waals surface area contributed by atoms with Gasteiger partial charge in [-0.25, -0.2) is 9.59 Å². The van der Waals surface area contributed by atoms with Gasteiger partial charge >= 0.3 is 12.1 Å². The number of amides is 5. The number of aliphatic hydroxyl groups is 1. The van der Waals surface area contributed by atoms with E-state index in [1.165, 1.54) is 0 Å². The summed E-state index contributed by atoms with van der Waals surface area (Å²) in [5.74, 6) is 0.354. The third-order valence-corrected chi connectivity index (χ3v) is 7.79. The second kappa shape index (κ2) is 16.5. The molecule has 1 aromatic carbocycles. The fourth-order valence-corrected chi connectivity index (χ4v) is 5.11.